The lowest BCUT2D eigenvalue weighted by molar-refractivity contribution is 0.0698. The molecular weight excluding hydrogens is 200 g/mol. The molecule has 1 N–H and O–H groups in total. The average molecular weight is 211 g/mol. The molecule has 1 radical (unpaired) electrons. The zero-order valence-corrected chi connectivity index (χ0v) is 8.68. The average Bonchev–Trinajstić information content (AvgIpc) is 2.30. The zero-order chi connectivity index (χ0) is 11.5. The number of hydrogen-bond acceptors (Lipinski definition) is 1. The molecule has 0 amide bonds. The van der Waals surface area contributed by atoms with Gasteiger partial charge in [0.15, 0.2) is 0 Å². The first-order valence-corrected chi connectivity index (χ1v) is 4.93. The van der Waals surface area contributed by atoms with Crippen LogP contribution >= 0.6 is 0 Å². The van der Waals surface area contributed by atoms with E-state index in [2.05, 4.69) is 6.92 Å². The van der Waals surface area contributed by atoms with Crippen molar-refractivity contribution in [2.75, 3.05) is 0 Å². The molecule has 2 aromatic carbocycles. The third kappa shape index (κ3) is 1.96. The van der Waals surface area contributed by atoms with E-state index in [4.69, 9.17) is 5.11 Å². The molecule has 0 fully saturated rings. The highest BCUT2D eigenvalue weighted by Gasteiger charge is 2.09. The molecule has 0 atom stereocenters. The molecule has 0 bridgehead atoms. The second-order valence-corrected chi connectivity index (χ2v) is 3.55. The molecule has 2 rings (SSSR count). The highest BCUT2D eigenvalue weighted by molar-refractivity contribution is 5.95. The first-order chi connectivity index (χ1) is 7.68. The van der Waals surface area contributed by atoms with Gasteiger partial charge in [-0.15, -0.1) is 0 Å². The quantitative estimate of drug-likeness (QED) is 0.828. The van der Waals surface area contributed by atoms with Crippen molar-refractivity contribution >= 4 is 5.97 Å². The first-order valence-electron chi connectivity index (χ1n) is 4.93. The summed E-state index contributed by atoms with van der Waals surface area (Å²) in [6, 6.07) is 14.5. The summed E-state index contributed by atoms with van der Waals surface area (Å²) in [5.74, 6) is -0.908. The summed E-state index contributed by atoms with van der Waals surface area (Å²) in [5, 5.41) is 9.07. The third-order valence-electron chi connectivity index (χ3n) is 2.42. The first kappa shape index (κ1) is 10.4. The molecule has 0 spiro atoms. The maximum atomic E-state index is 11.0. The van der Waals surface area contributed by atoms with Gasteiger partial charge in [0.25, 0.3) is 0 Å². The molecule has 2 heteroatoms. The van der Waals surface area contributed by atoms with Crippen molar-refractivity contribution in [2.45, 2.75) is 0 Å². The van der Waals surface area contributed by atoms with Crippen molar-refractivity contribution in [1.82, 2.24) is 0 Å². The van der Waals surface area contributed by atoms with Crippen LogP contribution in [0.25, 0.3) is 11.1 Å². The van der Waals surface area contributed by atoms with Crippen molar-refractivity contribution < 1.29 is 9.90 Å². The lowest BCUT2D eigenvalue weighted by atomic mass is 9.99. The Kier molecular flexibility index (Phi) is 2.73. The van der Waals surface area contributed by atoms with E-state index in [0.717, 1.165) is 16.7 Å². The number of carboxylic acids is 1. The van der Waals surface area contributed by atoms with Crippen molar-refractivity contribution in [3.05, 3.63) is 66.6 Å². The maximum absolute atomic E-state index is 11.0. The fourth-order valence-electron chi connectivity index (χ4n) is 1.61. The zero-order valence-electron chi connectivity index (χ0n) is 8.68. The van der Waals surface area contributed by atoms with Crippen LogP contribution in [0.15, 0.2) is 48.5 Å². The van der Waals surface area contributed by atoms with Crippen molar-refractivity contribution in [1.29, 1.82) is 0 Å². The molecule has 2 nitrogen and oxygen atoms in total. The molecule has 0 aliphatic heterocycles. The van der Waals surface area contributed by atoms with E-state index in [9.17, 15) is 4.79 Å². The predicted octanol–water partition coefficient (Wildman–Crippen LogP) is 3.23. The van der Waals surface area contributed by atoms with Crippen molar-refractivity contribution in [3.63, 3.8) is 0 Å². The van der Waals surface area contributed by atoms with Crippen molar-refractivity contribution in [2.24, 2.45) is 0 Å². The summed E-state index contributed by atoms with van der Waals surface area (Å²) in [6.07, 6.45) is 0. The summed E-state index contributed by atoms with van der Waals surface area (Å²) < 4.78 is 0. The Morgan fingerprint density at radius 1 is 1.00 bits per heavy atom. The van der Waals surface area contributed by atoms with Crippen LogP contribution in [0.5, 0.6) is 0 Å². The number of rotatable bonds is 2. The second kappa shape index (κ2) is 4.19. The Morgan fingerprint density at radius 2 is 1.62 bits per heavy atom. The van der Waals surface area contributed by atoms with Crippen molar-refractivity contribution in [3.8, 4) is 11.1 Å². The smallest absolute Gasteiger partial charge is 0.336 e. The topological polar surface area (TPSA) is 37.3 Å². The Balaban J connectivity index is 2.55. The largest absolute Gasteiger partial charge is 0.478 e. The van der Waals surface area contributed by atoms with Crippen LogP contribution in [0.4, 0.5) is 0 Å². The highest BCUT2D eigenvalue weighted by atomic mass is 16.4. The van der Waals surface area contributed by atoms with Gasteiger partial charge >= 0.3 is 5.97 Å². The maximum Gasteiger partial charge on any atom is 0.336 e. The summed E-state index contributed by atoms with van der Waals surface area (Å²) in [7, 11) is 0. The fourth-order valence-corrected chi connectivity index (χ4v) is 1.61. The summed E-state index contributed by atoms with van der Waals surface area (Å²) in [6.45, 7) is 3.80. The van der Waals surface area contributed by atoms with Gasteiger partial charge in [-0.25, -0.2) is 4.79 Å². The number of carbonyl (C=O) groups is 1. The molecular formula is C14H11O2. The van der Waals surface area contributed by atoms with Gasteiger partial charge in [-0.3, -0.25) is 0 Å². The molecule has 0 unspecified atom stereocenters. The minimum Gasteiger partial charge on any atom is -0.478 e. The normalized spacial score (nSPS) is 10.1. The van der Waals surface area contributed by atoms with E-state index in [-0.39, 0.29) is 0 Å². The van der Waals surface area contributed by atoms with E-state index in [0.29, 0.717) is 5.56 Å². The van der Waals surface area contributed by atoms with Crippen LogP contribution in [0, 0.1) is 6.92 Å². The molecule has 2 aromatic rings. The van der Waals surface area contributed by atoms with Gasteiger partial charge in [0.1, 0.15) is 0 Å². The number of hydrogen-bond donors (Lipinski definition) is 1. The van der Waals surface area contributed by atoms with Crippen LogP contribution in [-0.4, -0.2) is 11.1 Å². The number of carboxylic acid groups (broad SMARTS) is 1. The lowest BCUT2D eigenvalue weighted by Gasteiger charge is -2.06. The predicted molar refractivity (Wildman–Crippen MR) is 63.3 cm³/mol. The molecule has 16 heavy (non-hydrogen) atoms. The van der Waals surface area contributed by atoms with E-state index in [1.165, 1.54) is 0 Å². The molecule has 0 aromatic heterocycles. The van der Waals surface area contributed by atoms with E-state index >= 15 is 0 Å². The molecule has 0 heterocycles. The molecule has 0 aliphatic carbocycles. The van der Waals surface area contributed by atoms with Gasteiger partial charge in [-0.1, -0.05) is 42.5 Å². The van der Waals surface area contributed by atoms with Gasteiger partial charge in [0.05, 0.1) is 5.56 Å². The van der Waals surface area contributed by atoms with Gasteiger partial charge < -0.3 is 5.11 Å². The Hall–Kier alpha value is -2.09. The number of aromatic carboxylic acids is 1. The summed E-state index contributed by atoms with van der Waals surface area (Å²) >= 11 is 0. The van der Waals surface area contributed by atoms with E-state index < -0.39 is 5.97 Å². The highest BCUT2D eigenvalue weighted by Crippen LogP contribution is 2.23. The second-order valence-electron chi connectivity index (χ2n) is 3.55. The number of benzene rings is 2. The minimum absolute atomic E-state index is 0.319. The van der Waals surface area contributed by atoms with Crippen LogP contribution < -0.4 is 0 Å². The SMILES string of the molecule is [CH2]c1ccc(-c2ccccc2C(=O)O)cc1. The summed E-state index contributed by atoms with van der Waals surface area (Å²) in [5.41, 5.74) is 2.86. The Labute approximate surface area is 94.2 Å². The molecule has 79 valence electrons. The van der Waals surface area contributed by atoms with Crippen LogP contribution in [0.3, 0.4) is 0 Å². The molecule has 0 saturated carbocycles. The van der Waals surface area contributed by atoms with Gasteiger partial charge in [0.2, 0.25) is 0 Å². The molecule has 0 saturated heterocycles. The van der Waals surface area contributed by atoms with Crippen LogP contribution in [0.2, 0.25) is 0 Å². The van der Waals surface area contributed by atoms with E-state index in [1.807, 2.05) is 36.4 Å². The van der Waals surface area contributed by atoms with Gasteiger partial charge in [-0.2, -0.15) is 0 Å². The van der Waals surface area contributed by atoms with Gasteiger partial charge in [0, 0.05) is 0 Å². The Morgan fingerprint density at radius 3 is 2.25 bits per heavy atom. The van der Waals surface area contributed by atoms with Crippen LogP contribution in [0.1, 0.15) is 15.9 Å². The minimum atomic E-state index is -0.908. The lowest BCUT2D eigenvalue weighted by Crippen LogP contribution is -1.98. The Bertz CT molecular complexity index is 513. The van der Waals surface area contributed by atoms with Crippen LogP contribution in [-0.2, 0) is 0 Å². The summed E-state index contributed by atoms with van der Waals surface area (Å²) in [4.78, 5) is 11.0. The van der Waals surface area contributed by atoms with Gasteiger partial charge in [-0.05, 0) is 29.7 Å². The third-order valence-corrected chi connectivity index (χ3v) is 2.42. The molecule has 0 aliphatic rings. The standard InChI is InChI=1S/C14H11O2/c1-10-6-8-11(9-7-10)12-4-2-3-5-13(12)14(15)16/h2-9H,1H2,(H,15,16). The fraction of sp³-hybridized carbons (Fsp3) is 0. The monoisotopic (exact) mass is 211 g/mol. The van der Waals surface area contributed by atoms with E-state index in [1.54, 1.807) is 12.1 Å².